The van der Waals surface area contributed by atoms with Gasteiger partial charge in [0.05, 0.1) is 6.10 Å². The van der Waals surface area contributed by atoms with E-state index >= 15 is 0 Å². The summed E-state index contributed by atoms with van der Waals surface area (Å²) < 4.78 is 6.33. The van der Waals surface area contributed by atoms with E-state index in [9.17, 15) is 5.11 Å². The Morgan fingerprint density at radius 2 is 1.80 bits per heavy atom. The molecule has 1 aliphatic carbocycles. The number of rotatable bonds is 0. The van der Waals surface area contributed by atoms with Crippen molar-refractivity contribution in [3.63, 3.8) is 0 Å². The molecule has 0 saturated heterocycles. The van der Waals surface area contributed by atoms with E-state index in [1.807, 2.05) is 25.1 Å². The highest BCUT2D eigenvalue weighted by Gasteiger charge is 2.44. The summed E-state index contributed by atoms with van der Waals surface area (Å²) in [5.74, 6) is 0.849. The maximum Gasteiger partial charge on any atom is 0.126 e. The first kappa shape index (κ1) is 12.0. The highest BCUT2D eigenvalue weighted by Crippen LogP contribution is 2.46. The van der Waals surface area contributed by atoms with E-state index in [1.54, 1.807) is 0 Å². The Hall–Kier alpha value is -1.80. The average molecular weight is 266 g/mol. The quantitative estimate of drug-likeness (QED) is 0.792. The first-order valence-electron chi connectivity index (χ1n) is 7.20. The number of benzene rings is 2. The number of aryl methyl sites for hydroxylation is 1. The summed E-state index contributed by atoms with van der Waals surface area (Å²) in [5, 5.41) is 10.5. The van der Waals surface area contributed by atoms with Gasteiger partial charge in [0.15, 0.2) is 0 Å². The monoisotopic (exact) mass is 266 g/mol. The first-order chi connectivity index (χ1) is 9.65. The minimum absolute atomic E-state index is 0.259. The van der Waals surface area contributed by atoms with Gasteiger partial charge in [-0.3, -0.25) is 0 Å². The molecule has 2 nitrogen and oxygen atoms in total. The van der Waals surface area contributed by atoms with Crippen molar-refractivity contribution in [3.8, 4) is 5.75 Å². The van der Waals surface area contributed by atoms with Crippen LogP contribution < -0.4 is 4.74 Å². The molecule has 0 amide bonds. The van der Waals surface area contributed by atoms with Crippen LogP contribution in [0.3, 0.4) is 0 Å². The normalized spacial score (nSPS) is 22.2. The lowest BCUT2D eigenvalue weighted by atomic mass is 9.86. The Morgan fingerprint density at radius 1 is 1.10 bits per heavy atom. The van der Waals surface area contributed by atoms with E-state index in [4.69, 9.17) is 4.74 Å². The van der Waals surface area contributed by atoms with Gasteiger partial charge in [-0.2, -0.15) is 0 Å². The lowest BCUT2D eigenvalue weighted by Gasteiger charge is -2.38. The molecule has 1 N–H and O–H groups in total. The molecule has 102 valence electrons. The Bertz CT molecular complexity index is 650. The Morgan fingerprint density at radius 3 is 2.50 bits per heavy atom. The van der Waals surface area contributed by atoms with Gasteiger partial charge in [0.2, 0.25) is 0 Å². The number of ether oxygens (including phenoxy) is 1. The zero-order valence-corrected chi connectivity index (χ0v) is 11.6. The second-order valence-electron chi connectivity index (χ2n) is 6.17. The van der Waals surface area contributed by atoms with E-state index in [2.05, 4.69) is 24.3 Å². The van der Waals surface area contributed by atoms with Crippen LogP contribution in [0.1, 0.15) is 34.8 Å². The summed E-state index contributed by atoms with van der Waals surface area (Å²) in [7, 11) is 0. The topological polar surface area (TPSA) is 29.5 Å². The molecule has 2 aromatic rings. The molecule has 0 unspecified atom stereocenters. The van der Waals surface area contributed by atoms with Crippen LogP contribution >= 0.6 is 0 Å². The highest BCUT2D eigenvalue weighted by molar-refractivity contribution is 5.44. The van der Waals surface area contributed by atoms with E-state index in [0.717, 1.165) is 29.7 Å². The fourth-order valence-electron chi connectivity index (χ4n) is 3.63. The maximum atomic E-state index is 10.5. The van der Waals surface area contributed by atoms with Crippen LogP contribution in [0, 0.1) is 6.92 Å². The molecule has 0 fully saturated rings. The molecule has 1 spiro atoms. The third-order valence-electron chi connectivity index (χ3n) is 4.56. The molecule has 2 aliphatic rings. The van der Waals surface area contributed by atoms with E-state index in [-0.39, 0.29) is 5.60 Å². The zero-order valence-electron chi connectivity index (χ0n) is 11.6. The second kappa shape index (κ2) is 4.10. The van der Waals surface area contributed by atoms with Crippen molar-refractivity contribution < 1.29 is 9.84 Å². The average Bonchev–Trinajstić information content (AvgIpc) is 2.77. The van der Waals surface area contributed by atoms with Crippen molar-refractivity contribution in [1.82, 2.24) is 0 Å². The Balaban J connectivity index is 1.73. The number of fused-ring (bicyclic) bond motifs is 2. The van der Waals surface area contributed by atoms with Crippen molar-refractivity contribution in [1.29, 1.82) is 0 Å². The van der Waals surface area contributed by atoms with Crippen LogP contribution in [0.2, 0.25) is 0 Å². The van der Waals surface area contributed by atoms with Gasteiger partial charge in [0, 0.05) is 24.8 Å². The van der Waals surface area contributed by atoms with Gasteiger partial charge in [-0.1, -0.05) is 35.9 Å². The molecule has 2 aromatic carbocycles. The first-order valence-corrected chi connectivity index (χ1v) is 7.20. The molecule has 0 saturated carbocycles. The van der Waals surface area contributed by atoms with Crippen molar-refractivity contribution in [2.45, 2.75) is 37.9 Å². The van der Waals surface area contributed by atoms with Crippen molar-refractivity contribution in [2.75, 3.05) is 0 Å². The smallest absolute Gasteiger partial charge is 0.126 e. The fourth-order valence-corrected chi connectivity index (χ4v) is 3.63. The van der Waals surface area contributed by atoms with Crippen LogP contribution in [0.4, 0.5) is 0 Å². The number of hydrogen-bond donors (Lipinski definition) is 1. The predicted molar refractivity (Wildman–Crippen MR) is 78.0 cm³/mol. The summed E-state index contributed by atoms with van der Waals surface area (Å²) in [5.41, 5.74) is 4.56. The number of aliphatic hydroxyl groups is 1. The number of hydrogen-bond acceptors (Lipinski definition) is 2. The van der Waals surface area contributed by atoms with Crippen molar-refractivity contribution in [3.05, 3.63) is 64.7 Å². The summed E-state index contributed by atoms with van der Waals surface area (Å²) in [6, 6.07) is 14.6. The molecule has 1 heterocycles. The van der Waals surface area contributed by atoms with Gasteiger partial charge < -0.3 is 9.84 Å². The molecule has 4 rings (SSSR count). The summed E-state index contributed by atoms with van der Waals surface area (Å²) in [6.45, 7) is 2.04. The Labute approximate surface area is 119 Å². The third kappa shape index (κ3) is 1.75. The SMILES string of the molecule is Cc1ccc2c(c1)[C@@H](O)CC1(Cc3ccccc3C1)O2. The van der Waals surface area contributed by atoms with Crippen molar-refractivity contribution in [2.24, 2.45) is 0 Å². The molecule has 1 aliphatic heterocycles. The second-order valence-corrected chi connectivity index (χ2v) is 6.17. The van der Waals surface area contributed by atoms with E-state index in [0.29, 0.717) is 6.42 Å². The van der Waals surface area contributed by atoms with Crippen LogP contribution in [0.15, 0.2) is 42.5 Å². The largest absolute Gasteiger partial charge is 0.486 e. The third-order valence-corrected chi connectivity index (χ3v) is 4.56. The standard InChI is InChI=1S/C18H18O2/c1-12-6-7-17-15(8-12)16(19)11-18(20-17)9-13-4-2-3-5-14(13)10-18/h2-8,16,19H,9-11H2,1H3/t16-/m0/s1. The fraction of sp³-hybridized carbons (Fsp3) is 0.333. The van der Waals surface area contributed by atoms with Gasteiger partial charge in [-0.05, 0) is 30.2 Å². The highest BCUT2D eigenvalue weighted by atomic mass is 16.5. The van der Waals surface area contributed by atoms with Gasteiger partial charge in [-0.15, -0.1) is 0 Å². The van der Waals surface area contributed by atoms with Gasteiger partial charge in [-0.25, -0.2) is 0 Å². The molecular formula is C18H18O2. The Kier molecular flexibility index (Phi) is 2.45. The number of aliphatic hydroxyl groups excluding tert-OH is 1. The lowest BCUT2D eigenvalue weighted by molar-refractivity contribution is -0.00708. The summed E-state index contributed by atoms with van der Waals surface area (Å²) in [6.07, 6.45) is 2.05. The summed E-state index contributed by atoms with van der Waals surface area (Å²) >= 11 is 0. The maximum absolute atomic E-state index is 10.5. The molecule has 0 radical (unpaired) electrons. The predicted octanol–water partition coefficient (Wildman–Crippen LogP) is 3.35. The van der Waals surface area contributed by atoms with Gasteiger partial charge in [0.1, 0.15) is 11.4 Å². The van der Waals surface area contributed by atoms with Gasteiger partial charge >= 0.3 is 0 Å². The van der Waals surface area contributed by atoms with E-state index in [1.165, 1.54) is 11.1 Å². The molecule has 20 heavy (non-hydrogen) atoms. The molecule has 1 atom stereocenters. The van der Waals surface area contributed by atoms with Crippen LogP contribution in [-0.2, 0) is 12.8 Å². The van der Waals surface area contributed by atoms with Crippen LogP contribution in [0.5, 0.6) is 5.75 Å². The molecule has 0 bridgehead atoms. The summed E-state index contributed by atoms with van der Waals surface area (Å²) in [4.78, 5) is 0. The zero-order chi connectivity index (χ0) is 13.7. The minimum Gasteiger partial charge on any atom is -0.486 e. The molecule has 0 aromatic heterocycles. The lowest BCUT2D eigenvalue weighted by Crippen LogP contribution is -2.42. The van der Waals surface area contributed by atoms with Crippen LogP contribution in [0.25, 0.3) is 0 Å². The van der Waals surface area contributed by atoms with E-state index < -0.39 is 6.10 Å². The van der Waals surface area contributed by atoms with Crippen molar-refractivity contribution >= 4 is 0 Å². The van der Waals surface area contributed by atoms with Gasteiger partial charge in [0.25, 0.3) is 0 Å². The molecule has 2 heteroatoms. The molecular weight excluding hydrogens is 248 g/mol. The van der Waals surface area contributed by atoms with Crippen LogP contribution in [-0.4, -0.2) is 10.7 Å². The minimum atomic E-state index is -0.423.